The number of hydrogen-bond acceptors (Lipinski definition) is 6. The molecule has 1 aromatic heterocycles. The first-order valence-electron chi connectivity index (χ1n) is 9.95. The largest absolute Gasteiger partial charge is 0.347 e. The molecule has 4 rings (SSSR count). The van der Waals surface area contributed by atoms with Crippen LogP contribution in [0.25, 0.3) is 11.4 Å². The highest BCUT2D eigenvalue weighted by Crippen LogP contribution is 2.24. The highest BCUT2D eigenvalue weighted by atomic mass is 79.9. The van der Waals surface area contributed by atoms with Gasteiger partial charge in [0.2, 0.25) is 27.6 Å². The Bertz CT molecular complexity index is 1220. The molecule has 32 heavy (non-hydrogen) atoms. The summed E-state index contributed by atoms with van der Waals surface area (Å²) in [5, 5.41) is 6.68. The molecule has 2 heterocycles. The van der Waals surface area contributed by atoms with Gasteiger partial charge in [0.05, 0.1) is 17.4 Å². The van der Waals surface area contributed by atoms with Gasteiger partial charge in [-0.25, -0.2) is 12.8 Å². The SMILES string of the molecule is O=C(NCc1nc(-c2cccc(Br)c2)no1)[C@H]1CCCN(S(=O)(=O)c2ccc(F)cc2)C1. The summed E-state index contributed by atoms with van der Waals surface area (Å²) in [5.74, 6) is -0.647. The van der Waals surface area contributed by atoms with Gasteiger partial charge in [-0.2, -0.15) is 9.29 Å². The third-order valence-corrected chi connectivity index (χ3v) is 7.54. The smallest absolute Gasteiger partial charge is 0.246 e. The Balaban J connectivity index is 1.37. The minimum atomic E-state index is -3.80. The van der Waals surface area contributed by atoms with Crippen molar-refractivity contribution in [2.45, 2.75) is 24.3 Å². The van der Waals surface area contributed by atoms with E-state index in [-0.39, 0.29) is 29.8 Å². The summed E-state index contributed by atoms with van der Waals surface area (Å²) in [4.78, 5) is 17.0. The van der Waals surface area contributed by atoms with E-state index >= 15 is 0 Å². The van der Waals surface area contributed by atoms with Gasteiger partial charge in [-0.15, -0.1) is 0 Å². The molecule has 1 saturated heterocycles. The Morgan fingerprint density at radius 3 is 2.78 bits per heavy atom. The van der Waals surface area contributed by atoms with Crippen LogP contribution in [0.1, 0.15) is 18.7 Å². The Labute approximate surface area is 193 Å². The standard InChI is InChI=1S/C21H20BrFN4O4S/c22-16-5-1-3-14(11-16)20-25-19(31-26-20)12-24-21(28)15-4-2-10-27(13-15)32(29,30)18-8-6-17(23)7-9-18/h1,3,5-9,11,15H,2,4,10,12-13H2,(H,24,28)/t15-/m0/s1. The molecule has 0 saturated carbocycles. The summed E-state index contributed by atoms with van der Waals surface area (Å²) < 4.78 is 46.2. The van der Waals surface area contributed by atoms with Crippen molar-refractivity contribution < 1.29 is 22.1 Å². The fourth-order valence-corrected chi connectivity index (χ4v) is 5.43. The lowest BCUT2D eigenvalue weighted by molar-refractivity contribution is -0.126. The van der Waals surface area contributed by atoms with Crippen molar-refractivity contribution in [2.24, 2.45) is 5.92 Å². The summed E-state index contributed by atoms with van der Waals surface area (Å²) in [7, 11) is -3.80. The predicted octanol–water partition coefficient (Wildman–Crippen LogP) is 3.36. The lowest BCUT2D eigenvalue weighted by atomic mass is 9.99. The minimum absolute atomic E-state index is 0.00546. The number of benzene rings is 2. The maximum atomic E-state index is 13.1. The molecular formula is C21H20BrFN4O4S. The van der Waals surface area contributed by atoms with E-state index in [1.54, 1.807) is 0 Å². The molecule has 0 radical (unpaired) electrons. The Morgan fingerprint density at radius 2 is 2.03 bits per heavy atom. The van der Waals surface area contributed by atoms with Crippen LogP contribution in [-0.4, -0.2) is 41.9 Å². The summed E-state index contributed by atoms with van der Waals surface area (Å²) in [6.07, 6.45) is 1.11. The zero-order valence-electron chi connectivity index (χ0n) is 16.9. The number of piperidine rings is 1. The topological polar surface area (TPSA) is 105 Å². The number of amides is 1. The van der Waals surface area contributed by atoms with E-state index in [2.05, 4.69) is 31.4 Å². The van der Waals surface area contributed by atoms with E-state index < -0.39 is 21.8 Å². The van der Waals surface area contributed by atoms with Gasteiger partial charge in [-0.3, -0.25) is 4.79 Å². The van der Waals surface area contributed by atoms with Crippen molar-refractivity contribution in [3.8, 4) is 11.4 Å². The van der Waals surface area contributed by atoms with Crippen LogP contribution in [0.2, 0.25) is 0 Å². The first-order chi connectivity index (χ1) is 15.3. The van der Waals surface area contributed by atoms with Crippen molar-refractivity contribution >= 4 is 31.9 Å². The zero-order valence-corrected chi connectivity index (χ0v) is 19.3. The van der Waals surface area contributed by atoms with Gasteiger partial charge in [0.15, 0.2) is 0 Å². The molecule has 0 unspecified atom stereocenters. The van der Waals surface area contributed by atoms with E-state index in [0.717, 1.165) is 22.2 Å². The van der Waals surface area contributed by atoms with Crippen LogP contribution >= 0.6 is 15.9 Å². The molecule has 1 aliphatic heterocycles. The van der Waals surface area contributed by atoms with Crippen LogP contribution in [0.3, 0.4) is 0 Å². The van der Waals surface area contributed by atoms with Gasteiger partial charge in [0.25, 0.3) is 0 Å². The van der Waals surface area contributed by atoms with Crippen molar-refractivity contribution in [3.63, 3.8) is 0 Å². The average molecular weight is 523 g/mol. The number of carbonyl (C=O) groups is 1. The van der Waals surface area contributed by atoms with Crippen molar-refractivity contribution in [1.29, 1.82) is 0 Å². The Kier molecular flexibility index (Phi) is 6.68. The average Bonchev–Trinajstić information content (AvgIpc) is 3.27. The number of carbonyl (C=O) groups excluding carboxylic acids is 1. The molecule has 0 bridgehead atoms. The number of nitrogens with zero attached hydrogens (tertiary/aromatic N) is 3. The second kappa shape index (κ2) is 9.47. The fraction of sp³-hybridized carbons (Fsp3) is 0.286. The quantitative estimate of drug-likeness (QED) is 0.532. The van der Waals surface area contributed by atoms with Crippen molar-refractivity contribution in [1.82, 2.24) is 19.8 Å². The zero-order chi connectivity index (χ0) is 22.7. The second-order valence-corrected chi connectivity index (χ2v) is 10.2. The van der Waals surface area contributed by atoms with Gasteiger partial charge >= 0.3 is 0 Å². The maximum Gasteiger partial charge on any atom is 0.246 e. The van der Waals surface area contributed by atoms with E-state index in [1.807, 2.05) is 24.3 Å². The number of aromatic nitrogens is 2. The molecule has 0 spiro atoms. The number of halogens is 2. The monoisotopic (exact) mass is 522 g/mol. The maximum absolute atomic E-state index is 13.1. The van der Waals surface area contributed by atoms with E-state index in [0.29, 0.717) is 25.2 Å². The molecule has 11 heteroatoms. The molecule has 1 fully saturated rings. The molecule has 8 nitrogen and oxygen atoms in total. The summed E-state index contributed by atoms with van der Waals surface area (Å²) in [6.45, 7) is 0.406. The molecule has 2 aromatic carbocycles. The van der Waals surface area contributed by atoms with Crippen LogP contribution in [0.4, 0.5) is 4.39 Å². The van der Waals surface area contributed by atoms with Crippen molar-refractivity contribution in [3.05, 3.63) is 64.7 Å². The van der Waals surface area contributed by atoms with Gasteiger partial charge in [0, 0.05) is 23.1 Å². The second-order valence-electron chi connectivity index (χ2n) is 7.40. The molecule has 168 valence electrons. The highest BCUT2D eigenvalue weighted by molar-refractivity contribution is 9.10. The summed E-state index contributed by atoms with van der Waals surface area (Å²) >= 11 is 3.39. The van der Waals surface area contributed by atoms with Crippen LogP contribution in [0.5, 0.6) is 0 Å². The summed E-state index contributed by atoms with van der Waals surface area (Å²) in [6, 6.07) is 12.1. The third-order valence-electron chi connectivity index (χ3n) is 5.17. The number of hydrogen-bond donors (Lipinski definition) is 1. The summed E-state index contributed by atoms with van der Waals surface area (Å²) in [5.41, 5.74) is 0.773. The van der Waals surface area contributed by atoms with E-state index in [9.17, 15) is 17.6 Å². The van der Waals surface area contributed by atoms with Crippen molar-refractivity contribution in [2.75, 3.05) is 13.1 Å². The molecule has 0 aliphatic carbocycles. The normalized spacial score (nSPS) is 17.2. The molecule has 1 aliphatic rings. The number of nitrogens with one attached hydrogen (secondary N) is 1. The molecular weight excluding hydrogens is 503 g/mol. The van der Waals surface area contributed by atoms with Gasteiger partial charge in [0.1, 0.15) is 5.82 Å². The minimum Gasteiger partial charge on any atom is -0.347 e. The van der Waals surface area contributed by atoms with Gasteiger partial charge < -0.3 is 9.84 Å². The predicted molar refractivity (Wildman–Crippen MR) is 117 cm³/mol. The van der Waals surface area contributed by atoms with Gasteiger partial charge in [-0.05, 0) is 49.2 Å². The highest BCUT2D eigenvalue weighted by Gasteiger charge is 2.33. The molecule has 1 N–H and O–H groups in total. The third kappa shape index (κ3) is 5.05. The lowest BCUT2D eigenvalue weighted by Crippen LogP contribution is -2.45. The van der Waals surface area contributed by atoms with Crippen LogP contribution in [0, 0.1) is 11.7 Å². The van der Waals surface area contributed by atoms with Crippen LogP contribution in [-0.2, 0) is 21.4 Å². The van der Waals surface area contributed by atoms with E-state index in [1.165, 1.54) is 16.4 Å². The lowest BCUT2D eigenvalue weighted by Gasteiger charge is -2.31. The van der Waals surface area contributed by atoms with Crippen LogP contribution < -0.4 is 5.32 Å². The fourth-order valence-electron chi connectivity index (χ4n) is 3.51. The van der Waals surface area contributed by atoms with E-state index in [4.69, 9.17) is 4.52 Å². The Hall–Kier alpha value is -2.63. The van der Waals surface area contributed by atoms with Gasteiger partial charge in [-0.1, -0.05) is 33.2 Å². The number of rotatable bonds is 6. The Morgan fingerprint density at radius 1 is 1.25 bits per heavy atom. The first-order valence-corrected chi connectivity index (χ1v) is 12.2. The molecule has 1 amide bonds. The molecule has 3 aromatic rings. The number of sulfonamides is 1. The molecule has 1 atom stereocenters. The van der Waals surface area contributed by atoms with Crippen LogP contribution in [0.15, 0.2) is 62.4 Å². The first kappa shape index (κ1) is 22.6.